The molecule has 0 saturated heterocycles. The van der Waals surface area contributed by atoms with Gasteiger partial charge in [-0.1, -0.05) is 40.2 Å². The summed E-state index contributed by atoms with van der Waals surface area (Å²) in [6.45, 7) is 0. The van der Waals surface area contributed by atoms with Gasteiger partial charge >= 0.3 is 0 Å². The molecule has 0 radical (unpaired) electrons. The van der Waals surface area contributed by atoms with Crippen molar-refractivity contribution in [1.82, 2.24) is 5.32 Å². The lowest BCUT2D eigenvalue weighted by atomic mass is 9.98. The minimum Gasteiger partial charge on any atom is -0.497 e. The number of thiophene rings is 1. The number of hydrogen-bond acceptors (Lipinski definition) is 3. The van der Waals surface area contributed by atoms with E-state index >= 15 is 0 Å². The van der Waals surface area contributed by atoms with Gasteiger partial charge in [0, 0.05) is 9.17 Å². The van der Waals surface area contributed by atoms with Crippen molar-refractivity contribution in [1.29, 1.82) is 0 Å². The van der Waals surface area contributed by atoms with Crippen LogP contribution < -0.4 is 10.1 Å². The highest BCUT2D eigenvalue weighted by atomic mass is 79.9. The number of methoxy groups -OCH3 is 1. The first kappa shape index (κ1) is 14.6. The van der Waals surface area contributed by atoms with Gasteiger partial charge in [-0.2, -0.15) is 0 Å². The topological polar surface area (TPSA) is 21.3 Å². The molecule has 1 atom stereocenters. The molecule has 0 bridgehead atoms. The van der Waals surface area contributed by atoms with Gasteiger partial charge in [-0.3, -0.25) is 0 Å². The van der Waals surface area contributed by atoms with E-state index in [1.807, 2.05) is 19.2 Å². The number of halogens is 1. The second-order valence-corrected chi connectivity index (χ2v) is 6.56. The third-order valence-electron chi connectivity index (χ3n) is 3.63. The number of rotatable bonds is 4. The van der Waals surface area contributed by atoms with Crippen molar-refractivity contribution >= 4 is 37.4 Å². The molecule has 4 heteroatoms. The smallest absolute Gasteiger partial charge is 0.120 e. The molecule has 1 unspecified atom stereocenters. The van der Waals surface area contributed by atoms with E-state index in [9.17, 15) is 0 Å². The molecule has 108 valence electrons. The van der Waals surface area contributed by atoms with Crippen LogP contribution in [0.3, 0.4) is 0 Å². The van der Waals surface area contributed by atoms with Crippen molar-refractivity contribution in [2.75, 3.05) is 14.2 Å². The fourth-order valence-electron chi connectivity index (χ4n) is 2.57. The van der Waals surface area contributed by atoms with Crippen molar-refractivity contribution in [2.24, 2.45) is 0 Å². The SMILES string of the molecule is CNC(c1ccc(OC)cc1Br)c1csc2ccccc12. The fraction of sp³-hybridized carbons (Fsp3) is 0.176. The van der Waals surface area contributed by atoms with E-state index in [4.69, 9.17) is 4.74 Å². The van der Waals surface area contributed by atoms with Crippen LogP contribution in [-0.2, 0) is 0 Å². The molecule has 2 aromatic carbocycles. The molecule has 0 aliphatic heterocycles. The molecule has 0 aliphatic rings. The Morgan fingerprint density at radius 2 is 1.95 bits per heavy atom. The van der Waals surface area contributed by atoms with E-state index in [2.05, 4.69) is 57.0 Å². The number of hydrogen-bond donors (Lipinski definition) is 1. The Balaban J connectivity index is 2.10. The third-order valence-corrected chi connectivity index (χ3v) is 5.30. The Kier molecular flexibility index (Phi) is 4.29. The highest BCUT2D eigenvalue weighted by Gasteiger charge is 2.18. The zero-order chi connectivity index (χ0) is 14.8. The second-order valence-electron chi connectivity index (χ2n) is 4.80. The molecule has 1 N–H and O–H groups in total. The molecule has 1 heterocycles. The van der Waals surface area contributed by atoms with Gasteiger partial charge < -0.3 is 10.1 Å². The summed E-state index contributed by atoms with van der Waals surface area (Å²) in [6.07, 6.45) is 0. The van der Waals surface area contributed by atoms with Crippen LogP contribution in [0.5, 0.6) is 5.75 Å². The Morgan fingerprint density at radius 3 is 2.67 bits per heavy atom. The van der Waals surface area contributed by atoms with Gasteiger partial charge in [-0.15, -0.1) is 11.3 Å². The zero-order valence-electron chi connectivity index (χ0n) is 11.9. The lowest BCUT2D eigenvalue weighted by Gasteiger charge is -2.18. The van der Waals surface area contributed by atoms with Gasteiger partial charge in [0.25, 0.3) is 0 Å². The summed E-state index contributed by atoms with van der Waals surface area (Å²) in [5, 5.41) is 6.98. The largest absolute Gasteiger partial charge is 0.497 e. The minimum absolute atomic E-state index is 0.154. The van der Waals surface area contributed by atoms with Gasteiger partial charge in [0.15, 0.2) is 0 Å². The van der Waals surface area contributed by atoms with Gasteiger partial charge in [-0.05, 0) is 47.1 Å². The first-order valence-electron chi connectivity index (χ1n) is 6.71. The monoisotopic (exact) mass is 361 g/mol. The van der Waals surface area contributed by atoms with Crippen molar-refractivity contribution < 1.29 is 4.74 Å². The number of nitrogens with one attached hydrogen (secondary N) is 1. The molecule has 3 rings (SSSR count). The van der Waals surface area contributed by atoms with E-state index in [0.717, 1.165) is 10.2 Å². The maximum atomic E-state index is 5.28. The normalized spacial score (nSPS) is 12.5. The van der Waals surface area contributed by atoms with Crippen LogP contribution in [0, 0.1) is 0 Å². The van der Waals surface area contributed by atoms with E-state index in [1.54, 1.807) is 18.4 Å². The van der Waals surface area contributed by atoms with Crippen LogP contribution >= 0.6 is 27.3 Å². The second kappa shape index (κ2) is 6.18. The van der Waals surface area contributed by atoms with Crippen LogP contribution in [0.15, 0.2) is 52.3 Å². The van der Waals surface area contributed by atoms with E-state index in [0.29, 0.717) is 0 Å². The summed E-state index contributed by atoms with van der Waals surface area (Å²) in [5.74, 6) is 0.857. The summed E-state index contributed by atoms with van der Waals surface area (Å²) in [5.41, 5.74) is 2.52. The molecule has 3 aromatic rings. The Bertz CT molecular complexity index is 768. The van der Waals surface area contributed by atoms with Gasteiger partial charge in [0.2, 0.25) is 0 Å². The molecule has 2 nitrogen and oxygen atoms in total. The Labute approximate surface area is 136 Å². The zero-order valence-corrected chi connectivity index (χ0v) is 14.3. The van der Waals surface area contributed by atoms with Gasteiger partial charge in [-0.25, -0.2) is 0 Å². The lowest BCUT2D eigenvalue weighted by molar-refractivity contribution is 0.414. The van der Waals surface area contributed by atoms with Crippen LogP contribution in [0.25, 0.3) is 10.1 Å². The fourth-order valence-corrected chi connectivity index (χ4v) is 4.14. The predicted octanol–water partition coefficient (Wildman–Crippen LogP) is 4.98. The number of ether oxygens (including phenoxy) is 1. The van der Waals surface area contributed by atoms with Crippen molar-refractivity contribution in [3.05, 3.63) is 63.4 Å². The summed E-state index contributed by atoms with van der Waals surface area (Å²) < 4.78 is 7.65. The minimum atomic E-state index is 0.154. The standard InChI is InChI=1S/C17H16BrNOS/c1-19-17(13-8-7-11(20-2)9-15(13)18)14-10-21-16-6-4-3-5-12(14)16/h3-10,17,19H,1-2H3. The third kappa shape index (κ3) is 2.71. The molecule has 0 amide bonds. The summed E-state index contributed by atoms with van der Waals surface area (Å²) in [6, 6.07) is 14.8. The van der Waals surface area contributed by atoms with Crippen LogP contribution in [0.1, 0.15) is 17.2 Å². The Morgan fingerprint density at radius 1 is 1.14 bits per heavy atom. The van der Waals surface area contributed by atoms with Gasteiger partial charge in [0.05, 0.1) is 13.2 Å². The van der Waals surface area contributed by atoms with Crippen molar-refractivity contribution in [3.63, 3.8) is 0 Å². The van der Waals surface area contributed by atoms with E-state index < -0.39 is 0 Å². The molecular weight excluding hydrogens is 346 g/mol. The first-order chi connectivity index (χ1) is 10.2. The molecule has 0 fully saturated rings. The molecule has 21 heavy (non-hydrogen) atoms. The van der Waals surface area contributed by atoms with Crippen LogP contribution in [0.2, 0.25) is 0 Å². The van der Waals surface area contributed by atoms with Crippen molar-refractivity contribution in [2.45, 2.75) is 6.04 Å². The van der Waals surface area contributed by atoms with E-state index in [-0.39, 0.29) is 6.04 Å². The molecule has 0 aliphatic carbocycles. The maximum Gasteiger partial charge on any atom is 0.120 e. The average Bonchev–Trinajstić information content (AvgIpc) is 2.94. The molecular formula is C17H16BrNOS. The van der Waals surface area contributed by atoms with Crippen LogP contribution in [0.4, 0.5) is 0 Å². The highest BCUT2D eigenvalue weighted by Crippen LogP contribution is 2.36. The van der Waals surface area contributed by atoms with Crippen molar-refractivity contribution in [3.8, 4) is 5.75 Å². The molecule has 1 aromatic heterocycles. The Hall–Kier alpha value is -1.36. The lowest BCUT2D eigenvalue weighted by Crippen LogP contribution is -2.17. The quantitative estimate of drug-likeness (QED) is 0.707. The predicted molar refractivity (Wildman–Crippen MR) is 93.4 cm³/mol. The summed E-state index contributed by atoms with van der Waals surface area (Å²) >= 11 is 5.45. The first-order valence-corrected chi connectivity index (χ1v) is 8.38. The summed E-state index contributed by atoms with van der Waals surface area (Å²) in [4.78, 5) is 0. The van der Waals surface area contributed by atoms with E-state index in [1.165, 1.54) is 21.2 Å². The average molecular weight is 362 g/mol. The number of benzene rings is 2. The maximum absolute atomic E-state index is 5.28. The molecule has 0 spiro atoms. The molecule has 0 saturated carbocycles. The van der Waals surface area contributed by atoms with Gasteiger partial charge in [0.1, 0.15) is 5.75 Å². The van der Waals surface area contributed by atoms with Crippen LogP contribution in [-0.4, -0.2) is 14.2 Å². The summed E-state index contributed by atoms with van der Waals surface area (Å²) in [7, 11) is 3.68. The number of fused-ring (bicyclic) bond motifs is 1. The highest BCUT2D eigenvalue weighted by molar-refractivity contribution is 9.10.